The fourth-order valence-electron chi connectivity index (χ4n) is 1.72. The molecule has 0 heterocycles. The van der Waals surface area contributed by atoms with E-state index in [2.05, 4.69) is 39.6 Å². The SMILES string of the molecule is CCC(C)C(CN)N(C)CCOC(C)C. The molecule has 0 aliphatic heterocycles. The molecular formula is C12H28N2O. The molecule has 0 saturated carbocycles. The molecule has 2 N–H and O–H groups in total. The number of rotatable bonds is 8. The maximum atomic E-state index is 5.80. The van der Waals surface area contributed by atoms with Gasteiger partial charge in [-0.3, -0.25) is 4.90 Å². The van der Waals surface area contributed by atoms with E-state index in [1.807, 2.05) is 0 Å². The van der Waals surface area contributed by atoms with Crippen LogP contribution in [0.3, 0.4) is 0 Å². The molecule has 15 heavy (non-hydrogen) atoms. The lowest BCUT2D eigenvalue weighted by atomic mass is 9.98. The minimum Gasteiger partial charge on any atom is -0.377 e. The van der Waals surface area contributed by atoms with E-state index in [1.165, 1.54) is 6.42 Å². The summed E-state index contributed by atoms with van der Waals surface area (Å²) in [4.78, 5) is 2.32. The molecule has 0 aromatic carbocycles. The number of likely N-dealkylation sites (N-methyl/N-ethyl adjacent to an activating group) is 1. The first-order valence-electron chi connectivity index (χ1n) is 6.04. The van der Waals surface area contributed by atoms with Gasteiger partial charge in [0.2, 0.25) is 0 Å². The van der Waals surface area contributed by atoms with Crippen molar-refractivity contribution in [1.29, 1.82) is 0 Å². The van der Waals surface area contributed by atoms with Gasteiger partial charge in [-0.2, -0.15) is 0 Å². The zero-order valence-corrected chi connectivity index (χ0v) is 11.0. The van der Waals surface area contributed by atoms with E-state index in [0.29, 0.717) is 18.1 Å². The third-order valence-corrected chi connectivity index (χ3v) is 3.00. The van der Waals surface area contributed by atoms with Crippen molar-refractivity contribution in [1.82, 2.24) is 4.90 Å². The van der Waals surface area contributed by atoms with Crippen molar-refractivity contribution < 1.29 is 4.74 Å². The summed E-state index contributed by atoms with van der Waals surface area (Å²) in [7, 11) is 2.13. The highest BCUT2D eigenvalue weighted by atomic mass is 16.5. The minimum absolute atomic E-state index is 0.318. The Morgan fingerprint density at radius 2 is 1.87 bits per heavy atom. The molecule has 0 aromatic rings. The fraction of sp³-hybridized carbons (Fsp3) is 1.00. The Morgan fingerprint density at radius 1 is 1.27 bits per heavy atom. The monoisotopic (exact) mass is 216 g/mol. The number of hydrogen-bond donors (Lipinski definition) is 1. The lowest BCUT2D eigenvalue weighted by Crippen LogP contribution is -2.44. The van der Waals surface area contributed by atoms with Crippen LogP contribution in [0.25, 0.3) is 0 Å². The van der Waals surface area contributed by atoms with Crippen LogP contribution in [0, 0.1) is 5.92 Å². The van der Waals surface area contributed by atoms with E-state index in [1.54, 1.807) is 0 Å². The lowest BCUT2D eigenvalue weighted by molar-refractivity contribution is 0.0504. The lowest BCUT2D eigenvalue weighted by Gasteiger charge is -2.31. The van der Waals surface area contributed by atoms with Crippen LogP contribution in [-0.4, -0.2) is 43.8 Å². The summed E-state index contributed by atoms with van der Waals surface area (Å²) in [5.74, 6) is 0.652. The van der Waals surface area contributed by atoms with Crippen LogP contribution in [0.1, 0.15) is 34.1 Å². The van der Waals surface area contributed by atoms with E-state index in [-0.39, 0.29) is 0 Å². The summed E-state index contributed by atoms with van der Waals surface area (Å²) in [6.45, 7) is 11.1. The van der Waals surface area contributed by atoms with Crippen LogP contribution in [0.2, 0.25) is 0 Å². The number of nitrogens with zero attached hydrogens (tertiary/aromatic N) is 1. The Balaban J connectivity index is 3.88. The quantitative estimate of drug-likeness (QED) is 0.671. The minimum atomic E-state index is 0.318. The molecule has 0 aliphatic rings. The molecule has 0 fully saturated rings. The van der Waals surface area contributed by atoms with Gasteiger partial charge in [-0.25, -0.2) is 0 Å². The predicted molar refractivity (Wildman–Crippen MR) is 66.0 cm³/mol. The van der Waals surface area contributed by atoms with Crippen molar-refractivity contribution in [3.8, 4) is 0 Å². The maximum absolute atomic E-state index is 5.80. The average Bonchev–Trinajstić information content (AvgIpc) is 2.18. The summed E-state index contributed by atoms with van der Waals surface area (Å²) >= 11 is 0. The molecule has 2 unspecified atom stereocenters. The van der Waals surface area contributed by atoms with Crippen LogP contribution >= 0.6 is 0 Å². The highest BCUT2D eigenvalue weighted by molar-refractivity contribution is 4.74. The van der Waals surface area contributed by atoms with Gasteiger partial charge >= 0.3 is 0 Å². The first-order valence-corrected chi connectivity index (χ1v) is 6.04. The van der Waals surface area contributed by atoms with Crippen molar-refractivity contribution in [2.45, 2.75) is 46.3 Å². The molecule has 92 valence electrons. The largest absolute Gasteiger partial charge is 0.377 e. The van der Waals surface area contributed by atoms with Crippen molar-refractivity contribution in [3.05, 3.63) is 0 Å². The van der Waals surface area contributed by atoms with Crippen LogP contribution in [0.4, 0.5) is 0 Å². The molecule has 0 rings (SSSR count). The Kier molecular flexibility index (Phi) is 8.02. The van der Waals surface area contributed by atoms with Gasteiger partial charge in [-0.15, -0.1) is 0 Å². The molecule has 0 amide bonds. The van der Waals surface area contributed by atoms with Gasteiger partial charge in [-0.1, -0.05) is 20.3 Å². The van der Waals surface area contributed by atoms with E-state index in [0.717, 1.165) is 19.7 Å². The zero-order chi connectivity index (χ0) is 11.8. The first kappa shape index (κ1) is 14.9. The van der Waals surface area contributed by atoms with Gasteiger partial charge in [0.15, 0.2) is 0 Å². The van der Waals surface area contributed by atoms with E-state index in [9.17, 15) is 0 Å². The Labute approximate surface area is 95.0 Å². The molecule has 3 heteroatoms. The average molecular weight is 216 g/mol. The second-order valence-corrected chi connectivity index (χ2v) is 4.59. The fourth-order valence-corrected chi connectivity index (χ4v) is 1.72. The molecule has 0 spiro atoms. The topological polar surface area (TPSA) is 38.5 Å². The van der Waals surface area contributed by atoms with Gasteiger partial charge < -0.3 is 10.5 Å². The van der Waals surface area contributed by atoms with Crippen LogP contribution in [0.15, 0.2) is 0 Å². The van der Waals surface area contributed by atoms with E-state index >= 15 is 0 Å². The number of ether oxygens (including phenoxy) is 1. The van der Waals surface area contributed by atoms with Crippen LogP contribution in [0.5, 0.6) is 0 Å². The standard InChI is InChI=1S/C12H28N2O/c1-6-11(4)12(9-13)14(5)7-8-15-10(2)3/h10-12H,6-9,13H2,1-5H3. The maximum Gasteiger partial charge on any atom is 0.0596 e. The smallest absolute Gasteiger partial charge is 0.0596 e. The summed E-state index contributed by atoms with van der Waals surface area (Å²) in [6.07, 6.45) is 1.50. The predicted octanol–water partition coefficient (Wildman–Crippen LogP) is 1.72. The molecule has 2 atom stereocenters. The van der Waals surface area contributed by atoms with Gasteiger partial charge in [0, 0.05) is 19.1 Å². The van der Waals surface area contributed by atoms with Crippen LogP contribution < -0.4 is 5.73 Å². The van der Waals surface area contributed by atoms with Gasteiger partial charge in [0.05, 0.1) is 12.7 Å². The summed E-state index contributed by atoms with van der Waals surface area (Å²) in [6, 6.07) is 0.478. The molecule has 0 aromatic heterocycles. The Bertz CT molecular complexity index is 151. The zero-order valence-electron chi connectivity index (χ0n) is 11.0. The highest BCUT2D eigenvalue weighted by Crippen LogP contribution is 2.11. The molecule has 0 radical (unpaired) electrons. The van der Waals surface area contributed by atoms with Crippen molar-refractivity contribution in [2.75, 3.05) is 26.7 Å². The first-order chi connectivity index (χ1) is 7.02. The number of hydrogen-bond acceptors (Lipinski definition) is 3. The Morgan fingerprint density at radius 3 is 2.27 bits per heavy atom. The Hall–Kier alpha value is -0.120. The molecular weight excluding hydrogens is 188 g/mol. The highest BCUT2D eigenvalue weighted by Gasteiger charge is 2.18. The third kappa shape index (κ3) is 6.13. The van der Waals surface area contributed by atoms with Gasteiger partial charge in [-0.05, 0) is 26.8 Å². The normalized spacial score (nSPS) is 16.0. The van der Waals surface area contributed by atoms with Crippen molar-refractivity contribution in [3.63, 3.8) is 0 Å². The summed E-state index contributed by atoms with van der Waals surface area (Å²) < 4.78 is 5.54. The number of nitrogens with two attached hydrogens (primary N) is 1. The molecule has 3 nitrogen and oxygen atoms in total. The third-order valence-electron chi connectivity index (χ3n) is 3.00. The van der Waals surface area contributed by atoms with Crippen molar-refractivity contribution >= 4 is 0 Å². The molecule has 0 bridgehead atoms. The molecule has 0 aliphatic carbocycles. The van der Waals surface area contributed by atoms with E-state index in [4.69, 9.17) is 10.5 Å². The van der Waals surface area contributed by atoms with Gasteiger partial charge in [0.25, 0.3) is 0 Å². The van der Waals surface area contributed by atoms with Crippen molar-refractivity contribution in [2.24, 2.45) is 11.7 Å². The van der Waals surface area contributed by atoms with Crippen LogP contribution in [-0.2, 0) is 4.74 Å². The summed E-state index contributed by atoms with van der Waals surface area (Å²) in [5.41, 5.74) is 5.80. The van der Waals surface area contributed by atoms with Gasteiger partial charge in [0.1, 0.15) is 0 Å². The summed E-state index contributed by atoms with van der Waals surface area (Å²) in [5, 5.41) is 0. The molecule has 0 saturated heterocycles. The second-order valence-electron chi connectivity index (χ2n) is 4.59. The second kappa shape index (κ2) is 8.08. The van der Waals surface area contributed by atoms with E-state index < -0.39 is 0 Å².